The summed E-state index contributed by atoms with van der Waals surface area (Å²) >= 11 is 0. The Morgan fingerprint density at radius 3 is 2.33 bits per heavy atom. The highest BCUT2D eigenvalue weighted by atomic mass is 16.3. The van der Waals surface area contributed by atoms with Crippen LogP contribution in [0.5, 0.6) is 0 Å². The Balaban J connectivity index is 1.56. The number of nitrogens with one attached hydrogen (secondary N) is 1. The monoisotopic (exact) mass is 252 g/mol. The number of aliphatic hydroxyl groups excluding tert-OH is 1. The lowest BCUT2D eigenvalue weighted by Gasteiger charge is -2.39. The lowest BCUT2D eigenvalue weighted by atomic mass is 9.95. The number of piperidine rings is 1. The SMILES string of the molecule is CN1C2CCC1CC(NC1CCCCCC1O)C2. The Bertz CT molecular complexity index is 270. The zero-order chi connectivity index (χ0) is 12.5. The van der Waals surface area contributed by atoms with Gasteiger partial charge >= 0.3 is 0 Å². The molecule has 0 aromatic rings. The van der Waals surface area contributed by atoms with Crippen LogP contribution in [-0.4, -0.2) is 47.3 Å². The van der Waals surface area contributed by atoms with Gasteiger partial charge in [0.05, 0.1) is 6.10 Å². The van der Waals surface area contributed by atoms with Crippen molar-refractivity contribution in [2.45, 2.75) is 88.1 Å². The van der Waals surface area contributed by atoms with Crippen LogP contribution in [0.15, 0.2) is 0 Å². The first-order valence-electron chi connectivity index (χ1n) is 7.90. The maximum Gasteiger partial charge on any atom is 0.0693 e. The molecule has 2 heterocycles. The summed E-state index contributed by atoms with van der Waals surface area (Å²) in [5, 5.41) is 14.0. The molecule has 18 heavy (non-hydrogen) atoms. The molecule has 1 aliphatic carbocycles. The van der Waals surface area contributed by atoms with Gasteiger partial charge in [-0.25, -0.2) is 0 Å². The predicted molar refractivity (Wildman–Crippen MR) is 73.6 cm³/mol. The fourth-order valence-corrected chi connectivity index (χ4v) is 4.33. The van der Waals surface area contributed by atoms with E-state index in [4.69, 9.17) is 0 Å². The quantitative estimate of drug-likeness (QED) is 0.737. The Morgan fingerprint density at radius 2 is 1.61 bits per heavy atom. The molecule has 0 radical (unpaired) electrons. The van der Waals surface area contributed by atoms with Gasteiger partial charge in [-0.2, -0.15) is 0 Å². The largest absolute Gasteiger partial charge is 0.392 e. The van der Waals surface area contributed by atoms with Crippen molar-refractivity contribution in [2.75, 3.05) is 7.05 Å². The van der Waals surface area contributed by atoms with Crippen molar-refractivity contribution in [2.24, 2.45) is 0 Å². The highest BCUT2D eigenvalue weighted by Crippen LogP contribution is 2.34. The maximum absolute atomic E-state index is 10.2. The van der Waals surface area contributed by atoms with Gasteiger partial charge in [-0.05, 0) is 45.6 Å². The van der Waals surface area contributed by atoms with Gasteiger partial charge in [0.1, 0.15) is 0 Å². The first kappa shape index (κ1) is 12.9. The normalized spacial score (nSPS) is 46.0. The fraction of sp³-hybridized carbons (Fsp3) is 1.00. The molecular formula is C15H28N2O. The second-order valence-electron chi connectivity index (χ2n) is 6.70. The standard InChI is InChI=1S/C15H28N2O/c1-17-12-7-8-13(17)10-11(9-12)16-14-5-3-2-4-6-15(14)18/h11-16,18H,2-10H2,1H3. The van der Waals surface area contributed by atoms with Crippen molar-refractivity contribution in [3.05, 3.63) is 0 Å². The predicted octanol–water partition coefficient (Wildman–Crippen LogP) is 1.89. The average Bonchev–Trinajstić information content (AvgIpc) is 2.59. The molecule has 0 aromatic carbocycles. The van der Waals surface area contributed by atoms with Gasteiger partial charge in [-0.1, -0.05) is 19.3 Å². The van der Waals surface area contributed by atoms with Crippen molar-refractivity contribution in [1.82, 2.24) is 10.2 Å². The van der Waals surface area contributed by atoms with Crippen LogP contribution in [0.3, 0.4) is 0 Å². The number of nitrogens with zero attached hydrogens (tertiary/aromatic N) is 1. The summed E-state index contributed by atoms with van der Waals surface area (Å²) in [5.41, 5.74) is 0. The summed E-state index contributed by atoms with van der Waals surface area (Å²) in [5.74, 6) is 0. The van der Waals surface area contributed by atoms with Crippen LogP contribution >= 0.6 is 0 Å². The van der Waals surface area contributed by atoms with Crippen LogP contribution in [0.4, 0.5) is 0 Å². The molecule has 0 amide bonds. The molecular weight excluding hydrogens is 224 g/mol. The van der Waals surface area contributed by atoms with E-state index in [2.05, 4.69) is 17.3 Å². The highest BCUT2D eigenvalue weighted by Gasteiger charge is 2.39. The second-order valence-corrected chi connectivity index (χ2v) is 6.70. The smallest absolute Gasteiger partial charge is 0.0693 e. The molecule has 2 saturated heterocycles. The topological polar surface area (TPSA) is 35.5 Å². The van der Waals surface area contributed by atoms with Gasteiger partial charge in [0.15, 0.2) is 0 Å². The average molecular weight is 252 g/mol. The van der Waals surface area contributed by atoms with Crippen molar-refractivity contribution in [1.29, 1.82) is 0 Å². The minimum atomic E-state index is -0.107. The summed E-state index contributed by atoms with van der Waals surface area (Å²) in [6.07, 6.45) is 11.2. The zero-order valence-corrected chi connectivity index (χ0v) is 11.6. The van der Waals surface area contributed by atoms with Gasteiger partial charge in [0.25, 0.3) is 0 Å². The summed E-state index contributed by atoms with van der Waals surface area (Å²) in [4.78, 5) is 2.59. The molecule has 4 atom stereocenters. The minimum Gasteiger partial charge on any atom is -0.392 e. The van der Waals surface area contributed by atoms with E-state index < -0.39 is 0 Å². The van der Waals surface area contributed by atoms with Gasteiger partial charge in [0.2, 0.25) is 0 Å². The van der Waals surface area contributed by atoms with E-state index in [1.807, 2.05) is 0 Å². The Kier molecular flexibility index (Phi) is 3.92. The van der Waals surface area contributed by atoms with Crippen LogP contribution in [-0.2, 0) is 0 Å². The van der Waals surface area contributed by atoms with E-state index >= 15 is 0 Å². The van der Waals surface area contributed by atoms with Crippen LogP contribution in [0, 0.1) is 0 Å². The molecule has 2 N–H and O–H groups in total. The number of hydrogen-bond acceptors (Lipinski definition) is 3. The molecule has 1 saturated carbocycles. The van der Waals surface area contributed by atoms with E-state index in [-0.39, 0.29) is 6.10 Å². The molecule has 3 heteroatoms. The first-order valence-corrected chi connectivity index (χ1v) is 7.90. The number of hydrogen-bond donors (Lipinski definition) is 2. The summed E-state index contributed by atoms with van der Waals surface area (Å²) < 4.78 is 0. The molecule has 3 aliphatic rings. The van der Waals surface area contributed by atoms with Crippen molar-refractivity contribution < 1.29 is 5.11 Å². The molecule has 3 rings (SSSR count). The summed E-state index contributed by atoms with van der Waals surface area (Å²) in [7, 11) is 2.29. The highest BCUT2D eigenvalue weighted by molar-refractivity contribution is 4.97. The number of fused-ring (bicyclic) bond motifs is 2. The molecule has 2 bridgehead atoms. The van der Waals surface area contributed by atoms with Gasteiger partial charge < -0.3 is 15.3 Å². The summed E-state index contributed by atoms with van der Waals surface area (Å²) in [6, 6.07) is 2.60. The van der Waals surface area contributed by atoms with Crippen LogP contribution < -0.4 is 5.32 Å². The first-order chi connectivity index (χ1) is 8.74. The third kappa shape index (κ3) is 2.59. The molecule has 2 aliphatic heterocycles. The zero-order valence-electron chi connectivity index (χ0n) is 11.6. The van der Waals surface area contributed by atoms with E-state index in [0.717, 1.165) is 18.5 Å². The lowest BCUT2D eigenvalue weighted by Crippen LogP contribution is -2.52. The van der Waals surface area contributed by atoms with Gasteiger partial charge in [-0.15, -0.1) is 0 Å². The minimum absolute atomic E-state index is 0.107. The van der Waals surface area contributed by atoms with Crippen molar-refractivity contribution in [3.63, 3.8) is 0 Å². The molecule has 0 spiro atoms. The third-order valence-corrected chi connectivity index (χ3v) is 5.53. The number of rotatable bonds is 2. The molecule has 4 unspecified atom stereocenters. The molecule has 104 valence electrons. The second kappa shape index (κ2) is 5.48. The van der Waals surface area contributed by atoms with Crippen molar-refractivity contribution >= 4 is 0 Å². The Morgan fingerprint density at radius 1 is 0.944 bits per heavy atom. The van der Waals surface area contributed by atoms with E-state index in [1.54, 1.807) is 0 Å². The molecule has 3 fully saturated rings. The number of aliphatic hydroxyl groups is 1. The van der Waals surface area contributed by atoms with E-state index in [1.165, 1.54) is 51.4 Å². The van der Waals surface area contributed by atoms with Crippen LogP contribution in [0.25, 0.3) is 0 Å². The van der Waals surface area contributed by atoms with E-state index in [0.29, 0.717) is 12.1 Å². The lowest BCUT2D eigenvalue weighted by molar-refractivity contribution is 0.0906. The van der Waals surface area contributed by atoms with E-state index in [9.17, 15) is 5.11 Å². The Labute approximate surface area is 111 Å². The Hall–Kier alpha value is -0.120. The fourth-order valence-electron chi connectivity index (χ4n) is 4.33. The van der Waals surface area contributed by atoms with Gasteiger partial charge in [-0.3, -0.25) is 0 Å². The molecule has 0 aromatic heterocycles. The maximum atomic E-state index is 10.2. The van der Waals surface area contributed by atoms with Crippen LogP contribution in [0.1, 0.15) is 57.8 Å². The van der Waals surface area contributed by atoms with Crippen LogP contribution in [0.2, 0.25) is 0 Å². The molecule has 3 nitrogen and oxygen atoms in total. The van der Waals surface area contributed by atoms with Gasteiger partial charge in [0, 0.05) is 24.2 Å². The third-order valence-electron chi connectivity index (χ3n) is 5.53. The van der Waals surface area contributed by atoms with Crippen molar-refractivity contribution in [3.8, 4) is 0 Å². The summed E-state index contributed by atoms with van der Waals surface area (Å²) in [6.45, 7) is 0.